The lowest BCUT2D eigenvalue weighted by Crippen LogP contribution is -2.34. The molecule has 0 rings (SSSR count). The minimum atomic E-state index is -3.63. The van der Waals surface area contributed by atoms with Gasteiger partial charge in [-0.1, -0.05) is 49.0 Å². The summed E-state index contributed by atoms with van der Waals surface area (Å²) in [6.07, 6.45) is 14.0. The molecule has 0 fully saturated rings. The molecule has 37 heavy (non-hydrogen) atoms. The molecule has 5 nitrogen and oxygen atoms in total. The Morgan fingerprint density at radius 3 is 1.59 bits per heavy atom. The molecule has 0 aliphatic rings. The van der Waals surface area contributed by atoms with Crippen LogP contribution in [0.3, 0.4) is 0 Å². The van der Waals surface area contributed by atoms with Crippen molar-refractivity contribution in [3.8, 4) is 0 Å². The quantitative estimate of drug-likeness (QED) is 0.0630. The van der Waals surface area contributed by atoms with Gasteiger partial charge in [0.1, 0.15) is 5.40 Å². The van der Waals surface area contributed by atoms with E-state index in [9.17, 15) is 9.13 Å². The van der Waals surface area contributed by atoms with Crippen LogP contribution in [0.25, 0.3) is 0 Å². The van der Waals surface area contributed by atoms with Crippen LogP contribution in [0.5, 0.6) is 0 Å². The molecule has 0 heterocycles. The molecule has 0 spiro atoms. The minimum absolute atomic E-state index is 0.549. The molecule has 0 N–H and O–H groups in total. The SMILES string of the molecule is CC(C)=CCC/C(C)=C/CCCCCCCC(P(C)(=O)O[Si](C)(C)C)P(=O)(O[Si](C)(C)C)O[Si](C)(C)C. The van der Waals surface area contributed by atoms with E-state index in [4.69, 9.17) is 12.6 Å². The Kier molecular flexibility index (Phi) is 16.3. The fourth-order valence-electron chi connectivity index (χ4n) is 4.20. The van der Waals surface area contributed by atoms with Crippen LogP contribution in [-0.2, 0) is 21.8 Å². The first-order valence-electron chi connectivity index (χ1n) is 14.1. The first-order valence-corrected chi connectivity index (χ1v) is 28.1. The van der Waals surface area contributed by atoms with Crippen LogP contribution in [0.4, 0.5) is 0 Å². The summed E-state index contributed by atoms with van der Waals surface area (Å²) in [5, 5.41) is -0.698. The van der Waals surface area contributed by atoms with Gasteiger partial charge in [0.2, 0.25) is 7.37 Å². The first-order chi connectivity index (χ1) is 16.6. The normalized spacial score (nSPS) is 16.4. The Labute approximate surface area is 234 Å². The van der Waals surface area contributed by atoms with E-state index < -0.39 is 45.3 Å². The predicted octanol–water partition coefficient (Wildman–Crippen LogP) is 11.4. The second kappa shape index (κ2) is 16.0. The van der Waals surface area contributed by atoms with Gasteiger partial charge in [-0.25, -0.2) is 0 Å². The molecular formula is C27H60O5P2Si3. The minimum Gasteiger partial charge on any atom is -0.370 e. The summed E-state index contributed by atoms with van der Waals surface area (Å²) in [5.74, 6) is 0. The van der Waals surface area contributed by atoms with Gasteiger partial charge in [0.05, 0.1) is 0 Å². The number of unbranched alkanes of at least 4 members (excludes halogenated alkanes) is 5. The molecule has 2 unspecified atom stereocenters. The van der Waals surface area contributed by atoms with Gasteiger partial charge < -0.3 is 12.6 Å². The molecule has 10 heteroatoms. The molecule has 0 aromatic rings. The molecule has 0 aromatic carbocycles. The number of rotatable bonds is 19. The van der Waals surface area contributed by atoms with Crippen molar-refractivity contribution in [3.05, 3.63) is 23.3 Å². The highest BCUT2D eigenvalue weighted by atomic mass is 31.2. The van der Waals surface area contributed by atoms with E-state index in [1.165, 1.54) is 24.0 Å². The van der Waals surface area contributed by atoms with Crippen molar-refractivity contribution < 1.29 is 21.8 Å². The van der Waals surface area contributed by atoms with Crippen LogP contribution in [0.2, 0.25) is 58.9 Å². The molecule has 0 saturated carbocycles. The van der Waals surface area contributed by atoms with E-state index in [2.05, 4.69) is 32.9 Å². The predicted molar refractivity (Wildman–Crippen MR) is 173 cm³/mol. The van der Waals surface area contributed by atoms with Gasteiger partial charge in [0.15, 0.2) is 25.0 Å². The number of allylic oxidation sites excluding steroid dienone is 4. The maximum Gasteiger partial charge on any atom is 0.324 e. The lowest BCUT2D eigenvalue weighted by atomic mass is 10.1. The largest absolute Gasteiger partial charge is 0.370 e. The maximum absolute atomic E-state index is 14.4. The number of hydrogen-bond acceptors (Lipinski definition) is 5. The second-order valence-electron chi connectivity index (χ2n) is 13.8. The van der Waals surface area contributed by atoms with Gasteiger partial charge in [-0.3, -0.25) is 9.13 Å². The summed E-state index contributed by atoms with van der Waals surface area (Å²) < 4.78 is 47.3. The Morgan fingerprint density at radius 1 is 0.676 bits per heavy atom. The maximum atomic E-state index is 14.4. The average Bonchev–Trinajstić information content (AvgIpc) is 2.60. The van der Waals surface area contributed by atoms with Gasteiger partial charge in [-0.15, -0.1) is 0 Å². The Balaban J connectivity index is 5.25. The third kappa shape index (κ3) is 19.2. The molecule has 2 atom stereocenters. The topological polar surface area (TPSA) is 61.8 Å². The van der Waals surface area contributed by atoms with Crippen molar-refractivity contribution >= 4 is 39.9 Å². The van der Waals surface area contributed by atoms with E-state index in [1.807, 2.05) is 58.9 Å². The van der Waals surface area contributed by atoms with E-state index >= 15 is 0 Å². The van der Waals surface area contributed by atoms with Crippen molar-refractivity contribution in [1.82, 2.24) is 0 Å². The zero-order valence-corrected chi connectivity index (χ0v) is 31.3. The summed E-state index contributed by atoms with van der Waals surface area (Å²) in [6, 6.07) is 0. The molecule has 0 aliphatic heterocycles. The zero-order valence-electron chi connectivity index (χ0n) is 26.5. The second-order valence-corrected chi connectivity index (χ2v) is 33.2. The Morgan fingerprint density at radius 2 is 1.14 bits per heavy atom. The molecule has 0 aliphatic carbocycles. The molecule has 220 valence electrons. The van der Waals surface area contributed by atoms with Crippen LogP contribution in [-0.4, -0.2) is 37.0 Å². The van der Waals surface area contributed by atoms with Gasteiger partial charge in [0.25, 0.3) is 0 Å². The molecular weight excluding hydrogens is 550 g/mol. The molecule has 0 bridgehead atoms. The molecule has 0 saturated heterocycles. The highest BCUT2D eigenvalue weighted by Gasteiger charge is 2.51. The lowest BCUT2D eigenvalue weighted by molar-refractivity contribution is 0.369. The van der Waals surface area contributed by atoms with Crippen LogP contribution < -0.4 is 0 Å². The van der Waals surface area contributed by atoms with Crippen LogP contribution in [0, 0.1) is 0 Å². The average molecular weight is 611 g/mol. The van der Waals surface area contributed by atoms with Crippen molar-refractivity contribution in [2.45, 2.75) is 143 Å². The van der Waals surface area contributed by atoms with E-state index in [0.29, 0.717) is 6.42 Å². The smallest absolute Gasteiger partial charge is 0.324 e. The van der Waals surface area contributed by atoms with Crippen molar-refractivity contribution in [3.63, 3.8) is 0 Å². The molecule has 0 aromatic heterocycles. The first kappa shape index (κ1) is 37.5. The van der Waals surface area contributed by atoms with Crippen molar-refractivity contribution in [2.24, 2.45) is 0 Å². The van der Waals surface area contributed by atoms with Crippen LogP contribution >= 0.6 is 15.0 Å². The Hall–Kier alpha value is 0.471. The summed E-state index contributed by atoms with van der Waals surface area (Å²) >= 11 is 0. The zero-order chi connectivity index (χ0) is 29.1. The van der Waals surface area contributed by atoms with E-state index in [1.54, 1.807) is 6.66 Å². The third-order valence-corrected chi connectivity index (χ3v) is 19.9. The fraction of sp³-hybridized carbons (Fsp3) is 0.852. The number of hydrogen-bond donors (Lipinski definition) is 0. The van der Waals surface area contributed by atoms with Crippen LogP contribution in [0.15, 0.2) is 23.3 Å². The molecule has 0 amide bonds. The Bertz CT molecular complexity index is 812. The van der Waals surface area contributed by atoms with Gasteiger partial charge in [-0.2, -0.15) is 0 Å². The summed E-state index contributed by atoms with van der Waals surface area (Å²) in [6.45, 7) is 26.4. The highest BCUT2D eigenvalue weighted by Crippen LogP contribution is 2.72. The fourth-order valence-corrected chi connectivity index (χ4v) is 21.1. The van der Waals surface area contributed by atoms with E-state index in [-0.39, 0.29) is 0 Å². The van der Waals surface area contributed by atoms with Gasteiger partial charge >= 0.3 is 7.60 Å². The summed E-state index contributed by atoms with van der Waals surface area (Å²) in [5.41, 5.74) is 2.86. The summed E-state index contributed by atoms with van der Waals surface area (Å²) in [7, 11) is -13.4. The molecule has 0 radical (unpaired) electrons. The lowest BCUT2D eigenvalue weighted by Gasteiger charge is -2.39. The van der Waals surface area contributed by atoms with Crippen molar-refractivity contribution in [1.29, 1.82) is 0 Å². The summed E-state index contributed by atoms with van der Waals surface area (Å²) in [4.78, 5) is 0. The highest BCUT2D eigenvalue weighted by molar-refractivity contribution is 7.76. The van der Waals surface area contributed by atoms with Crippen molar-refractivity contribution in [2.75, 3.05) is 6.66 Å². The van der Waals surface area contributed by atoms with Gasteiger partial charge in [-0.05, 0) is 112 Å². The van der Waals surface area contributed by atoms with E-state index in [0.717, 1.165) is 38.5 Å². The third-order valence-electron chi connectivity index (χ3n) is 5.41. The monoisotopic (exact) mass is 610 g/mol. The van der Waals surface area contributed by atoms with Gasteiger partial charge in [0, 0.05) is 6.66 Å². The standard InChI is InChI=1S/C27H60O5P2Si3/c1-25(2)21-20-23-26(3)22-18-16-14-15-17-19-24-27(33(4,28)30-35(5,6)7)34(29,31-36(8,9)10)32-37(11,12)13/h21-22,27H,14-20,23-24H2,1-13H3/b26-22+. The van der Waals surface area contributed by atoms with Crippen LogP contribution in [0.1, 0.15) is 78.6 Å².